The van der Waals surface area contributed by atoms with Gasteiger partial charge in [-0.25, -0.2) is 0 Å². The predicted octanol–water partition coefficient (Wildman–Crippen LogP) is 3.65. The van der Waals surface area contributed by atoms with E-state index >= 15 is 0 Å². The summed E-state index contributed by atoms with van der Waals surface area (Å²) in [5, 5.41) is 0. The van der Waals surface area contributed by atoms with Crippen LogP contribution < -0.4 is 4.46 Å². The first kappa shape index (κ1) is 20.2. The molecular formula is C24H20O5Se. The second kappa shape index (κ2) is 9.16. The summed E-state index contributed by atoms with van der Waals surface area (Å²) in [6.45, 7) is 2.01. The van der Waals surface area contributed by atoms with Crippen molar-refractivity contribution in [1.82, 2.24) is 0 Å². The first-order chi connectivity index (χ1) is 14.6. The van der Waals surface area contributed by atoms with Crippen LogP contribution >= 0.6 is 0 Å². The number of furan rings is 1. The number of carbonyl (C=O) groups is 2. The maximum absolute atomic E-state index is 13.0. The molecule has 0 fully saturated rings. The molecule has 2 heterocycles. The summed E-state index contributed by atoms with van der Waals surface area (Å²) >= 11 is 0.00915. The number of ether oxygens (including phenoxy) is 2. The van der Waals surface area contributed by atoms with Crippen LogP contribution in [0.3, 0.4) is 0 Å². The Morgan fingerprint density at radius 2 is 1.70 bits per heavy atom. The average molecular weight is 467 g/mol. The van der Waals surface area contributed by atoms with Gasteiger partial charge in [0.05, 0.1) is 0 Å². The summed E-state index contributed by atoms with van der Waals surface area (Å²) in [4.78, 5) is 25.6. The Morgan fingerprint density at radius 1 is 1.00 bits per heavy atom. The van der Waals surface area contributed by atoms with Gasteiger partial charge in [0.1, 0.15) is 0 Å². The van der Waals surface area contributed by atoms with Gasteiger partial charge in [0, 0.05) is 0 Å². The Labute approximate surface area is 180 Å². The molecule has 1 aliphatic rings. The van der Waals surface area contributed by atoms with Crippen LogP contribution in [0, 0.1) is 0 Å². The molecule has 4 rings (SSSR count). The van der Waals surface area contributed by atoms with E-state index in [4.69, 9.17) is 13.9 Å². The van der Waals surface area contributed by atoms with Gasteiger partial charge >= 0.3 is 181 Å². The fourth-order valence-electron chi connectivity index (χ4n) is 3.17. The van der Waals surface area contributed by atoms with E-state index in [2.05, 4.69) is 12.1 Å². The van der Waals surface area contributed by atoms with Crippen LogP contribution in [-0.4, -0.2) is 38.9 Å². The molecule has 1 aliphatic heterocycles. The van der Waals surface area contributed by atoms with E-state index < -0.39 is 18.2 Å². The zero-order valence-corrected chi connectivity index (χ0v) is 18.0. The van der Waals surface area contributed by atoms with Gasteiger partial charge in [-0.15, -0.1) is 0 Å². The molecule has 0 amide bonds. The quantitative estimate of drug-likeness (QED) is 0.409. The molecule has 0 bridgehead atoms. The van der Waals surface area contributed by atoms with Gasteiger partial charge in [0.25, 0.3) is 0 Å². The number of rotatable bonds is 6. The van der Waals surface area contributed by atoms with Gasteiger partial charge in [-0.1, -0.05) is 0 Å². The molecule has 1 aromatic heterocycles. The van der Waals surface area contributed by atoms with Crippen molar-refractivity contribution in [3.63, 3.8) is 0 Å². The van der Waals surface area contributed by atoms with E-state index in [0.717, 1.165) is 0 Å². The van der Waals surface area contributed by atoms with Crippen LogP contribution in [-0.2, 0) is 14.3 Å². The molecule has 3 aromatic rings. The van der Waals surface area contributed by atoms with E-state index in [1.54, 1.807) is 36.4 Å². The van der Waals surface area contributed by atoms with Crippen LogP contribution in [0.25, 0.3) is 5.76 Å². The summed E-state index contributed by atoms with van der Waals surface area (Å²) in [6.07, 6.45) is 1.24. The van der Waals surface area contributed by atoms with Crippen molar-refractivity contribution in [2.75, 3.05) is 0 Å². The van der Waals surface area contributed by atoms with Gasteiger partial charge in [-0.3, -0.25) is 0 Å². The molecule has 2 aromatic carbocycles. The summed E-state index contributed by atoms with van der Waals surface area (Å²) in [5.74, 6) is -0.0206. The number of hydrogen-bond donors (Lipinski definition) is 0. The van der Waals surface area contributed by atoms with Crippen LogP contribution in [0.4, 0.5) is 0 Å². The first-order valence-electron chi connectivity index (χ1n) is 9.55. The number of esters is 1. The van der Waals surface area contributed by atoms with Gasteiger partial charge in [-0.05, 0) is 0 Å². The predicted molar refractivity (Wildman–Crippen MR) is 113 cm³/mol. The molecule has 0 aliphatic carbocycles. The molecule has 0 saturated heterocycles. The number of benzene rings is 2. The SMILES string of the molecule is C[C@H]([Se]c1ccccc1)C1OC(c2ccco2)=CC(=O)[C@@H]1OC(=O)c1ccccc1. The van der Waals surface area contributed by atoms with Crippen LogP contribution in [0.1, 0.15) is 23.0 Å². The van der Waals surface area contributed by atoms with Crippen molar-refractivity contribution in [3.8, 4) is 0 Å². The molecule has 1 unspecified atom stereocenters. The summed E-state index contributed by atoms with van der Waals surface area (Å²) in [5.41, 5.74) is 0.395. The van der Waals surface area contributed by atoms with Crippen molar-refractivity contribution in [2.45, 2.75) is 23.9 Å². The number of hydrogen-bond acceptors (Lipinski definition) is 5. The molecular weight excluding hydrogens is 447 g/mol. The normalized spacial score (nSPS) is 19.5. The molecule has 6 heteroatoms. The van der Waals surface area contributed by atoms with E-state index in [0.29, 0.717) is 17.1 Å². The van der Waals surface area contributed by atoms with Crippen molar-refractivity contribution in [2.24, 2.45) is 0 Å². The Balaban J connectivity index is 1.60. The van der Waals surface area contributed by atoms with Gasteiger partial charge in [0.15, 0.2) is 0 Å². The Hall–Kier alpha value is -3.08. The minimum atomic E-state index is -1.02. The average Bonchev–Trinajstić information content (AvgIpc) is 3.31. The van der Waals surface area contributed by atoms with Gasteiger partial charge in [0.2, 0.25) is 0 Å². The molecule has 3 atom stereocenters. The third-order valence-electron chi connectivity index (χ3n) is 4.65. The maximum atomic E-state index is 13.0. The van der Waals surface area contributed by atoms with Gasteiger partial charge < -0.3 is 0 Å². The van der Waals surface area contributed by atoms with Crippen LogP contribution in [0.2, 0.25) is 4.82 Å². The number of carbonyl (C=O) groups excluding carboxylic acids is 2. The second-order valence-electron chi connectivity index (χ2n) is 6.80. The molecule has 0 saturated carbocycles. The second-order valence-corrected chi connectivity index (χ2v) is 9.84. The van der Waals surface area contributed by atoms with E-state index in [9.17, 15) is 9.59 Å². The van der Waals surface area contributed by atoms with E-state index in [1.165, 1.54) is 16.8 Å². The Morgan fingerprint density at radius 3 is 2.37 bits per heavy atom. The van der Waals surface area contributed by atoms with Crippen LogP contribution in [0.15, 0.2) is 89.6 Å². The molecule has 0 radical (unpaired) electrons. The van der Waals surface area contributed by atoms with Crippen molar-refractivity contribution in [1.29, 1.82) is 0 Å². The van der Waals surface area contributed by atoms with E-state index in [-0.39, 0.29) is 25.6 Å². The topological polar surface area (TPSA) is 65.7 Å². The summed E-state index contributed by atoms with van der Waals surface area (Å²) in [6, 6.07) is 22.1. The van der Waals surface area contributed by atoms with Crippen molar-refractivity contribution in [3.05, 3.63) is 96.5 Å². The monoisotopic (exact) mass is 468 g/mol. The van der Waals surface area contributed by atoms with Crippen molar-refractivity contribution < 1.29 is 23.5 Å². The Bertz CT molecular complexity index is 1030. The standard InChI is InChI=1S/C24H20O5Se/c1-16(30-18-11-6-3-7-12-18)22-23(29-24(26)17-9-4-2-5-10-17)19(25)15-21(28-22)20-13-8-14-27-20/h2-16,22-23H,1H3/t16-,22?,23-/m0/s1. The fraction of sp³-hybridized carbons (Fsp3) is 0.167. The third kappa shape index (κ3) is 4.56. The molecule has 5 nitrogen and oxygen atoms in total. The fourth-order valence-corrected chi connectivity index (χ4v) is 5.43. The van der Waals surface area contributed by atoms with Gasteiger partial charge in [-0.2, -0.15) is 0 Å². The van der Waals surface area contributed by atoms with Crippen molar-refractivity contribution >= 4 is 36.9 Å². The number of ketones is 1. The zero-order valence-electron chi connectivity index (χ0n) is 16.3. The molecule has 30 heavy (non-hydrogen) atoms. The van der Waals surface area contributed by atoms with Crippen LogP contribution in [0.5, 0.6) is 0 Å². The summed E-state index contributed by atoms with van der Waals surface area (Å²) < 4.78 is 18.4. The Kier molecular flexibility index (Phi) is 6.17. The molecule has 152 valence electrons. The first-order valence-corrected chi connectivity index (χ1v) is 11.4. The zero-order chi connectivity index (χ0) is 20.9. The summed E-state index contributed by atoms with van der Waals surface area (Å²) in [7, 11) is 0. The molecule has 0 spiro atoms. The molecule has 0 N–H and O–H groups in total. The third-order valence-corrected chi connectivity index (χ3v) is 7.14. The van der Waals surface area contributed by atoms with E-state index in [1.807, 2.05) is 31.2 Å². The minimum absolute atomic E-state index is 0.00915.